The number of ether oxygens (including phenoxy) is 1. The predicted octanol–water partition coefficient (Wildman–Crippen LogP) is 1.86. The van der Waals surface area contributed by atoms with Gasteiger partial charge in [0.2, 0.25) is 5.91 Å². The Hall–Kier alpha value is -1.69. The van der Waals surface area contributed by atoms with Crippen LogP contribution < -0.4 is 4.90 Å². The van der Waals surface area contributed by atoms with Gasteiger partial charge in [-0.05, 0) is 6.92 Å². The Labute approximate surface area is 109 Å². The topological polar surface area (TPSA) is 59.5 Å². The van der Waals surface area contributed by atoms with Gasteiger partial charge in [0.15, 0.2) is 10.8 Å². The van der Waals surface area contributed by atoms with E-state index in [0.717, 1.165) is 0 Å². The number of amides is 1. The van der Waals surface area contributed by atoms with Gasteiger partial charge in [-0.25, -0.2) is 9.78 Å². The Morgan fingerprint density at radius 2 is 2.56 bits per heavy atom. The van der Waals surface area contributed by atoms with E-state index in [9.17, 15) is 9.59 Å². The molecule has 2 rings (SSSR count). The third-order valence-corrected chi connectivity index (χ3v) is 3.56. The van der Waals surface area contributed by atoms with Gasteiger partial charge in [-0.1, -0.05) is 6.08 Å². The first-order chi connectivity index (χ1) is 8.65. The van der Waals surface area contributed by atoms with E-state index in [0.29, 0.717) is 24.7 Å². The number of thiazole rings is 1. The van der Waals surface area contributed by atoms with Crippen molar-refractivity contribution in [1.82, 2.24) is 4.98 Å². The molecule has 1 aliphatic rings. The summed E-state index contributed by atoms with van der Waals surface area (Å²) < 4.78 is 4.86. The fourth-order valence-corrected chi connectivity index (χ4v) is 2.59. The van der Waals surface area contributed by atoms with Crippen molar-refractivity contribution >= 4 is 28.3 Å². The van der Waals surface area contributed by atoms with E-state index in [4.69, 9.17) is 4.74 Å². The molecule has 6 heteroatoms. The van der Waals surface area contributed by atoms with Crippen LogP contribution in [0.1, 0.15) is 23.8 Å². The van der Waals surface area contributed by atoms with E-state index in [-0.39, 0.29) is 17.5 Å². The molecule has 18 heavy (non-hydrogen) atoms. The number of hydrogen-bond donors (Lipinski definition) is 0. The van der Waals surface area contributed by atoms with Gasteiger partial charge in [0, 0.05) is 24.3 Å². The third-order valence-electron chi connectivity index (χ3n) is 2.70. The minimum Gasteiger partial charge on any atom is -0.461 e. The Kier molecular flexibility index (Phi) is 3.76. The van der Waals surface area contributed by atoms with Gasteiger partial charge in [0.1, 0.15) is 0 Å². The van der Waals surface area contributed by atoms with Crippen molar-refractivity contribution in [1.29, 1.82) is 0 Å². The van der Waals surface area contributed by atoms with E-state index in [1.807, 2.05) is 0 Å². The maximum absolute atomic E-state index is 11.8. The SMILES string of the molecule is C=CC1CC(=O)N(c2nc(C(=O)OCC)cs2)C1. The first kappa shape index (κ1) is 12.8. The zero-order chi connectivity index (χ0) is 13.1. The maximum Gasteiger partial charge on any atom is 0.357 e. The van der Waals surface area contributed by atoms with E-state index in [1.54, 1.807) is 23.3 Å². The average molecular weight is 266 g/mol. The second-order valence-electron chi connectivity index (χ2n) is 3.94. The minimum atomic E-state index is -0.452. The van der Waals surface area contributed by atoms with Gasteiger partial charge >= 0.3 is 5.97 Å². The van der Waals surface area contributed by atoms with Crippen LogP contribution in [0.5, 0.6) is 0 Å². The van der Waals surface area contributed by atoms with Gasteiger partial charge in [0.25, 0.3) is 0 Å². The smallest absolute Gasteiger partial charge is 0.357 e. The summed E-state index contributed by atoms with van der Waals surface area (Å²) in [5.74, 6) is -0.274. The van der Waals surface area contributed by atoms with Crippen molar-refractivity contribution < 1.29 is 14.3 Å². The fraction of sp³-hybridized carbons (Fsp3) is 0.417. The molecule has 1 unspecified atom stereocenters. The Balaban J connectivity index is 2.13. The highest BCUT2D eigenvalue weighted by Crippen LogP contribution is 2.28. The van der Waals surface area contributed by atoms with Crippen LogP contribution in [0.4, 0.5) is 5.13 Å². The second-order valence-corrected chi connectivity index (χ2v) is 4.78. The van der Waals surface area contributed by atoms with Crippen LogP contribution in [-0.4, -0.2) is 30.0 Å². The predicted molar refractivity (Wildman–Crippen MR) is 68.7 cm³/mol. The van der Waals surface area contributed by atoms with Crippen LogP contribution in [0, 0.1) is 5.92 Å². The molecule has 0 bridgehead atoms. The van der Waals surface area contributed by atoms with Gasteiger partial charge < -0.3 is 4.74 Å². The molecule has 1 saturated heterocycles. The highest BCUT2D eigenvalue weighted by molar-refractivity contribution is 7.14. The van der Waals surface area contributed by atoms with Gasteiger partial charge in [-0.2, -0.15) is 0 Å². The summed E-state index contributed by atoms with van der Waals surface area (Å²) in [5, 5.41) is 2.16. The quantitative estimate of drug-likeness (QED) is 0.616. The summed E-state index contributed by atoms with van der Waals surface area (Å²) in [4.78, 5) is 29.0. The molecule has 0 aliphatic carbocycles. The lowest BCUT2D eigenvalue weighted by molar-refractivity contribution is -0.117. The lowest BCUT2D eigenvalue weighted by Crippen LogP contribution is -2.24. The summed E-state index contributed by atoms with van der Waals surface area (Å²) in [6, 6.07) is 0. The van der Waals surface area contributed by atoms with Crippen molar-refractivity contribution in [3.8, 4) is 0 Å². The number of nitrogens with zero attached hydrogens (tertiary/aromatic N) is 2. The van der Waals surface area contributed by atoms with E-state index < -0.39 is 5.97 Å². The normalized spacial score (nSPS) is 19.1. The largest absolute Gasteiger partial charge is 0.461 e. The van der Waals surface area contributed by atoms with E-state index >= 15 is 0 Å². The molecule has 1 amide bonds. The van der Waals surface area contributed by atoms with Crippen LogP contribution in [0.25, 0.3) is 0 Å². The zero-order valence-corrected chi connectivity index (χ0v) is 10.9. The molecule has 1 fully saturated rings. The second kappa shape index (κ2) is 5.30. The molecule has 0 radical (unpaired) electrons. The highest BCUT2D eigenvalue weighted by atomic mass is 32.1. The molecule has 0 saturated carbocycles. The number of rotatable bonds is 4. The lowest BCUT2D eigenvalue weighted by Gasteiger charge is -2.11. The van der Waals surface area contributed by atoms with Gasteiger partial charge in [-0.15, -0.1) is 17.9 Å². The summed E-state index contributed by atoms with van der Waals surface area (Å²) in [6.07, 6.45) is 2.23. The minimum absolute atomic E-state index is 0.0182. The molecule has 0 spiro atoms. The molecule has 96 valence electrons. The van der Waals surface area contributed by atoms with E-state index in [1.165, 1.54) is 11.3 Å². The number of carbonyl (C=O) groups is 2. The monoisotopic (exact) mass is 266 g/mol. The molecule has 1 aromatic rings. The number of aromatic nitrogens is 1. The number of hydrogen-bond acceptors (Lipinski definition) is 5. The van der Waals surface area contributed by atoms with Gasteiger partial charge in [-0.3, -0.25) is 9.69 Å². The standard InChI is InChI=1S/C12H14N2O3S/c1-3-8-5-10(15)14(6-8)12-13-9(7-18-12)11(16)17-4-2/h3,7-8H,1,4-6H2,2H3. The molecule has 1 aliphatic heterocycles. The molecule has 5 nitrogen and oxygen atoms in total. The van der Waals surface area contributed by atoms with Gasteiger partial charge in [0.05, 0.1) is 6.61 Å². The highest BCUT2D eigenvalue weighted by Gasteiger charge is 2.31. The van der Waals surface area contributed by atoms with Crippen LogP contribution >= 0.6 is 11.3 Å². The third kappa shape index (κ3) is 2.43. The molecule has 2 heterocycles. The van der Waals surface area contributed by atoms with Crippen molar-refractivity contribution in [3.05, 3.63) is 23.7 Å². The number of carbonyl (C=O) groups excluding carboxylic acids is 2. The lowest BCUT2D eigenvalue weighted by atomic mass is 10.1. The summed E-state index contributed by atoms with van der Waals surface area (Å²) in [7, 11) is 0. The molecule has 0 N–H and O–H groups in total. The Morgan fingerprint density at radius 1 is 1.78 bits per heavy atom. The first-order valence-corrected chi connectivity index (χ1v) is 6.59. The Morgan fingerprint density at radius 3 is 3.17 bits per heavy atom. The van der Waals surface area contributed by atoms with Crippen LogP contribution in [0.3, 0.4) is 0 Å². The zero-order valence-electron chi connectivity index (χ0n) is 10.1. The first-order valence-electron chi connectivity index (χ1n) is 5.71. The fourth-order valence-electron chi connectivity index (χ4n) is 1.77. The molecule has 1 aromatic heterocycles. The summed E-state index contributed by atoms with van der Waals surface area (Å²) >= 11 is 1.28. The maximum atomic E-state index is 11.8. The van der Waals surface area contributed by atoms with Crippen LogP contribution in [-0.2, 0) is 9.53 Å². The van der Waals surface area contributed by atoms with Crippen molar-refractivity contribution in [3.63, 3.8) is 0 Å². The number of anilines is 1. The van der Waals surface area contributed by atoms with Crippen LogP contribution in [0.15, 0.2) is 18.0 Å². The molecule has 1 atom stereocenters. The molecular weight excluding hydrogens is 252 g/mol. The Bertz CT molecular complexity index is 483. The van der Waals surface area contributed by atoms with E-state index in [2.05, 4.69) is 11.6 Å². The van der Waals surface area contributed by atoms with Crippen molar-refractivity contribution in [2.75, 3.05) is 18.1 Å². The molecular formula is C12H14N2O3S. The van der Waals surface area contributed by atoms with Crippen molar-refractivity contribution in [2.24, 2.45) is 5.92 Å². The summed E-state index contributed by atoms with van der Waals surface area (Å²) in [6.45, 7) is 6.33. The van der Waals surface area contributed by atoms with Crippen molar-refractivity contribution in [2.45, 2.75) is 13.3 Å². The van der Waals surface area contributed by atoms with Crippen LogP contribution in [0.2, 0.25) is 0 Å². The average Bonchev–Trinajstić information content (AvgIpc) is 2.95. The molecule has 0 aromatic carbocycles. The summed E-state index contributed by atoms with van der Waals surface area (Å²) in [5.41, 5.74) is 0.256. The number of esters is 1.